The molecule has 0 saturated carbocycles. The first-order valence-corrected chi connectivity index (χ1v) is 5.08. The minimum Gasteiger partial charge on any atom is -0.339 e. The summed E-state index contributed by atoms with van der Waals surface area (Å²) >= 11 is 5.50. The summed E-state index contributed by atoms with van der Waals surface area (Å²) in [6, 6.07) is 3.42. The summed E-state index contributed by atoms with van der Waals surface area (Å²) in [6.07, 6.45) is 0.443. The second-order valence-corrected chi connectivity index (χ2v) is 3.46. The van der Waals surface area contributed by atoms with E-state index in [1.165, 1.54) is 6.07 Å². The Hall–Kier alpha value is -1.49. The van der Waals surface area contributed by atoms with Gasteiger partial charge in [-0.2, -0.15) is 4.98 Å². The summed E-state index contributed by atoms with van der Waals surface area (Å²) in [5.41, 5.74) is 0.364. The summed E-state index contributed by atoms with van der Waals surface area (Å²) in [4.78, 5) is 3.99. The summed E-state index contributed by atoms with van der Waals surface area (Å²) in [5.74, 6) is -0.900. The molecular weight excluding hydrogens is 238 g/mol. The fourth-order valence-corrected chi connectivity index (χ4v) is 1.35. The van der Waals surface area contributed by atoms with E-state index in [9.17, 15) is 8.78 Å². The van der Waals surface area contributed by atoms with Crippen molar-refractivity contribution in [1.29, 1.82) is 0 Å². The summed E-state index contributed by atoms with van der Waals surface area (Å²) < 4.78 is 30.5. The Morgan fingerprint density at radius 1 is 1.25 bits per heavy atom. The van der Waals surface area contributed by atoms with Crippen molar-refractivity contribution in [1.82, 2.24) is 10.1 Å². The smallest absolute Gasteiger partial charge is 0.228 e. The van der Waals surface area contributed by atoms with Gasteiger partial charge in [-0.3, -0.25) is 0 Å². The van der Waals surface area contributed by atoms with E-state index in [0.29, 0.717) is 23.8 Å². The zero-order valence-electron chi connectivity index (χ0n) is 8.08. The van der Waals surface area contributed by atoms with Crippen molar-refractivity contribution in [3.63, 3.8) is 0 Å². The zero-order valence-corrected chi connectivity index (χ0v) is 8.84. The van der Waals surface area contributed by atoms with Gasteiger partial charge in [0.15, 0.2) is 11.6 Å². The lowest BCUT2D eigenvalue weighted by molar-refractivity contribution is 0.383. The van der Waals surface area contributed by atoms with Gasteiger partial charge < -0.3 is 4.52 Å². The van der Waals surface area contributed by atoms with Crippen LogP contribution in [0.5, 0.6) is 0 Å². The third-order valence-corrected chi connectivity index (χ3v) is 2.14. The molecule has 0 spiro atoms. The Morgan fingerprint density at radius 3 is 2.75 bits per heavy atom. The Morgan fingerprint density at radius 2 is 2.06 bits per heavy atom. The lowest BCUT2D eigenvalue weighted by atomic mass is 10.2. The van der Waals surface area contributed by atoms with E-state index in [4.69, 9.17) is 16.1 Å². The van der Waals surface area contributed by atoms with Gasteiger partial charge in [0.05, 0.1) is 0 Å². The molecule has 0 saturated heterocycles. The van der Waals surface area contributed by atoms with Gasteiger partial charge >= 0.3 is 0 Å². The van der Waals surface area contributed by atoms with Crippen LogP contribution in [0.1, 0.15) is 5.89 Å². The number of hydrogen-bond acceptors (Lipinski definition) is 3. The van der Waals surface area contributed by atoms with Crippen molar-refractivity contribution in [3.05, 3.63) is 35.7 Å². The number of benzene rings is 1. The minimum absolute atomic E-state index is 0.221. The number of rotatable bonds is 3. The normalized spacial score (nSPS) is 10.7. The topological polar surface area (TPSA) is 38.9 Å². The van der Waals surface area contributed by atoms with Gasteiger partial charge in [0.1, 0.15) is 0 Å². The van der Waals surface area contributed by atoms with E-state index < -0.39 is 11.6 Å². The first kappa shape index (κ1) is 11.0. The van der Waals surface area contributed by atoms with Crippen LogP contribution >= 0.6 is 11.6 Å². The standard InChI is InChI=1S/C10H7ClF2N2O/c11-4-3-9-14-10(15-16-9)6-1-2-7(12)8(13)5-6/h1-2,5H,3-4H2. The molecule has 0 radical (unpaired) electrons. The molecule has 1 aromatic heterocycles. The molecule has 3 nitrogen and oxygen atoms in total. The molecule has 0 aliphatic carbocycles. The highest BCUT2D eigenvalue weighted by Gasteiger charge is 2.10. The monoisotopic (exact) mass is 244 g/mol. The second kappa shape index (κ2) is 4.57. The second-order valence-electron chi connectivity index (χ2n) is 3.08. The highest BCUT2D eigenvalue weighted by molar-refractivity contribution is 6.17. The van der Waals surface area contributed by atoms with Crippen molar-refractivity contribution in [2.45, 2.75) is 6.42 Å². The van der Waals surface area contributed by atoms with Gasteiger partial charge in [-0.25, -0.2) is 8.78 Å². The van der Waals surface area contributed by atoms with Crippen molar-refractivity contribution < 1.29 is 13.3 Å². The predicted octanol–water partition coefficient (Wildman–Crippen LogP) is 2.80. The molecule has 0 N–H and O–H groups in total. The molecule has 0 atom stereocenters. The van der Waals surface area contributed by atoms with Gasteiger partial charge in [0.2, 0.25) is 11.7 Å². The van der Waals surface area contributed by atoms with Crippen molar-refractivity contribution in [3.8, 4) is 11.4 Å². The maximum Gasteiger partial charge on any atom is 0.228 e. The summed E-state index contributed by atoms with van der Waals surface area (Å²) in [7, 11) is 0. The third kappa shape index (κ3) is 2.19. The van der Waals surface area contributed by atoms with Crippen molar-refractivity contribution in [2.24, 2.45) is 0 Å². The quantitative estimate of drug-likeness (QED) is 0.780. The lowest BCUT2D eigenvalue weighted by Gasteiger charge is -1.95. The Kier molecular flexibility index (Phi) is 3.14. The Labute approximate surface area is 95.0 Å². The first-order chi connectivity index (χ1) is 7.70. The summed E-state index contributed by atoms with van der Waals surface area (Å²) in [6.45, 7) is 0. The molecule has 84 valence electrons. The zero-order chi connectivity index (χ0) is 11.5. The van der Waals surface area contributed by atoms with Crippen LogP contribution in [0, 0.1) is 11.6 Å². The molecule has 2 rings (SSSR count). The van der Waals surface area contributed by atoms with Gasteiger partial charge in [0, 0.05) is 17.9 Å². The van der Waals surface area contributed by atoms with E-state index in [1.54, 1.807) is 0 Å². The molecule has 16 heavy (non-hydrogen) atoms. The van der Waals surface area contributed by atoms with E-state index in [1.807, 2.05) is 0 Å². The SMILES string of the molecule is Fc1ccc(-c2noc(CCCl)n2)cc1F. The predicted molar refractivity (Wildman–Crippen MR) is 54.1 cm³/mol. The molecular formula is C10H7ClF2N2O. The molecule has 2 aromatic rings. The Bertz CT molecular complexity index is 501. The Balaban J connectivity index is 2.31. The maximum absolute atomic E-state index is 12.9. The third-order valence-electron chi connectivity index (χ3n) is 1.95. The van der Waals surface area contributed by atoms with Crippen molar-refractivity contribution in [2.75, 3.05) is 5.88 Å². The molecule has 0 bridgehead atoms. The van der Waals surface area contributed by atoms with E-state index in [2.05, 4.69) is 10.1 Å². The van der Waals surface area contributed by atoms with Crippen LogP contribution in [-0.2, 0) is 6.42 Å². The number of halogens is 3. The summed E-state index contributed by atoms with van der Waals surface area (Å²) in [5, 5.41) is 3.64. The maximum atomic E-state index is 12.9. The van der Waals surface area contributed by atoms with Crippen LogP contribution < -0.4 is 0 Å². The van der Waals surface area contributed by atoms with Gasteiger partial charge in [0.25, 0.3) is 0 Å². The van der Waals surface area contributed by atoms with E-state index in [0.717, 1.165) is 12.1 Å². The molecule has 0 unspecified atom stereocenters. The number of alkyl halides is 1. The van der Waals surface area contributed by atoms with Crippen LogP contribution in [0.4, 0.5) is 8.78 Å². The largest absolute Gasteiger partial charge is 0.339 e. The fraction of sp³-hybridized carbons (Fsp3) is 0.200. The minimum atomic E-state index is -0.943. The molecule has 0 fully saturated rings. The molecule has 0 aliphatic rings. The van der Waals surface area contributed by atoms with Crippen LogP contribution in [0.3, 0.4) is 0 Å². The molecule has 6 heteroatoms. The van der Waals surface area contributed by atoms with E-state index >= 15 is 0 Å². The fourth-order valence-electron chi connectivity index (χ4n) is 1.19. The molecule has 1 heterocycles. The van der Waals surface area contributed by atoms with E-state index in [-0.39, 0.29) is 5.82 Å². The molecule has 1 aromatic carbocycles. The number of aromatic nitrogens is 2. The van der Waals surface area contributed by atoms with Crippen LogP contribution in [0.25, 0.3) is 11.4 Å². The van der Waals surface area contributed by atoms with Gasteiger partial charge in [-0.05, 0) is 18.2 Å². The highest BCUT2D eigenvalue weighted by Crippen LogP contribution is 2.18. The highest BCUT2D eigenvalue weighted by atomic mass is 35.5. The first-order valence-electron chi connectivity index (χ1n) is 4.54. The number of nitrogens with zero attached hydrogens (tertiary/aromatic N) is 2. The van der Waals surface area contributed by atoms with Crippen LogP contribution in [0.2, 0.25) is 0 Å². The average Bonchev–Trinajstić information content (AvgIpc) is 2.71. The molecule has 0 aliphatic heterocycles. The van der Waals surface area contributed by atoms with Crippen LogP contribution in [-0.4, -0.2) is 16.0 Å². The van der Waals surface area contributed by atoms with Crippen molar-refractivity contribution >= 4 is 11.6 Å². The molecule has 0 amide bonds. The number of aryl methyl sites for hydroxylation is 1. The van der Waals surface area contributed by atoms with Crippen LogP contribution in [0.15, 0.2) is 22.7 Å². The van der Waals surface area contributed by atoms with Gasteiger partial charge in [-0.1, -0.05) is 5.16 Å². The lowest BCUT2D eigenvalue weighted by Crippen LogP contribution is -1.88. The average molecular weight is 245 g/mol. The van der Waals surface area contributed by atoms with Gasteiger partial charge in [-0.15, -0.1) is 11.6 Å². The number of hydrogen-bond donors (Lipinski definition) is 0.